The van der Waals surface area contributed by atoms with Crippen molar-refractivity contribution in [1.82, 2.24) is 10.2 Å². The Morgan fingerprint density at radius 1 is 1.00 bits per heavy atom. The average Bonchev–Trinajstić information content (AvgIpc) is 2.47. The van der Waals surface area contributed by atoms with Crippen molar-refractivity contribution < 1.29 is 18.3 Å². The van der Waals surface area contributed by atoms with Gasteiger partial charge in [0.1, 0.15) is 11.8 Å². The molecule has 1 aliphatic heterocycles. The van der Waals surface area contributed by atoms with Crippen molar-refractivity contribution in [3.63, 3.8) is 0 Å². The van der Waals surface area contributed by atoms with Crippen LogP contribution in [0.1, 0.15) is 11.6 Å². The summed E-state index contributed by atoms with van der Waals surface area (Å²) >= 11 is 0. The van der Waals surface area contributed by atoms with E-state index in [-0.39, 0.29) is 23.7 Å². The zero-order valence-corrected chi connectivity index (χ0v) is 13.1. The van der Waals surface area contributed by atoms with Crippen molar-refractivity contribution in [3.8, 4) is 5.75 Å². The third kappa shape index (κ3) is 3.88. The molecule has 1 atom stereocenters. The first-order valence-electron chi connectivity index (χ1n) is 7.19. The molecule has 0 radical (unpaired) electrons. The molecule has 0 amide bonds. The molecule has 7 heteroatoms. The van der Waals surface area contributed by atoms with Gasteiger partial charge in [0, 0.05) is 26.2 Å². The molecule has 126 valence electrons. The minimum Gasteiger partial charge on any atom is -0.508 e. The minimum absolute atomic E-state index is 0. The first-order valence-corrected chi connectivity index (χ1v) is 7.19. The van der Waals surface area contributed by atoms with Gasteiger partial charge in [-0.05, 0) is 34.5 Å². The summed E-state index contributed by atoms with van der Waals surface area (Å²) in [5, 5.41) is 13.9. The molecule has 0 bridgehead atoms. The van der Waals surface area contributed by atoms with Crippen molar-refractivity contribution in [2.24, 2.45) is 0 Å². The van der Waals surface area contributed by atoms with Gasteiger partial charge in [-0.1, -0.05) is 18.2 Å². The average molecular weight is 347 g/mol. The summed E-state index contributed by atoms with van der Waals surface area (Å²) in [5.41, 5.74) is 0.243. The quantitative estimate of drug-likeness (QED) is 0.874. The number of aromatic hydroxyl groups is 1. The summed E-state index contributed by atoms with van der Waals surface area (Å²) in [5.74, 6) is 0.106. The lowest BCUT2D eigenvalue weighted by Crippen LogP contribution is -2.49. The van der Waals surface area contributed by atoms with Crippen molar-refractivity contribution in [1.29, 1.82) is 0 Å². The maximum atomic E-state index is 13.6. The Bertz CT molecular complexity index is 672. The van der Waals surface area contributed by atoms with Gasteiger partial charge in [0.2, 0.25) is 0 Å². The van der Waals surface area contributed by atoms with Crippen LogP contribution in [-0.4, -0.2) is 42.4 Å². The largest absolute Gasteiger partial charge is 0.508 e. The normalized spacial score (nSPS) is 17.7. The van der Waals surface area contributed by atoms with E-state index in [1.807, 2.05) is 0 Å². The molecule has 1 heterocycles. The summed E-state index contributed by atoms with van der Waals surface area (Å²) in [6.07, 6.45) is -4.32. The van der Waals surface area contributed by atoms with Crippen molar-refractivity contribution in [3.05, 3.63) is 42.0 Å². The van der Waals surface area contributed by atoms with Gasteiger partial charge >= 0.3 is 6.18 Å². The van der Waals surface area contributed by atoms with Gasteiger partial charge in [-0.25, -0.2) is 0 Å². The molecule has 1 saturated heterocycles. The third-order valence-electron chi connectivity index (χ3n) is 3.99. The lowest BCUT2D eigenvalue weighted by atomic mass is 9.99. The molecule has 1 fully saturated rings. The number of phenolic OH excluding ortho intramolecular Hbond substituents is 1. The number of alkyl halides is 3. The van der Waals surface area contributed by atoms with Crippen LogP contribution in [-0.2, 0) is 0 Å². The third-order valence-corrected chi connectivity index (χ3v) is 3.99. The van der Waals surface area contributed by atoms with Gasteiger partial charge in [-0.15, -0.1) is 12.4 Å². The van der Waals surface area contributed by atoms with Gasteiger partial charge in [0.15, 0.2) is 0 Å². The molecule has 3 rings (SSSR count). The predicted octanol–water partition coefficient (Wildman–Crippen LogP) is 3.48. The topological polar surface area (TPSA) is 35.5 Å². The molecular weight excluding hydrogens is 329 g/mol. The lowest BCUT2D eigenvalue weighted by molar-refractivity contribution is -0.187. The number of fused-ring (bicyclic) bond motifs is 1. The van der Waals surface area contributed by atoms with Crippen LogP contribution in [0.25, 0.3) is 10.8 Å². The van der Waals surface area contributed by atoms with Crippen molar-refractivity contribution in [2.75, 3.05) is 26.2 Å². The van der Waals surface area contributed by atoms with Gasteiger partial charge in [-0.2, -0.15) is 13.2 Å². The molecule has 2 aromatic rings. The molecule has 23 heavy (non-hydrogen) atoms. The number of nitrogens with zero attached hydrogens (tertiary/aromatic N) is 1. The number of nitrogens with one attached hydrogen (secondary N) is 1. The smallest absolute Gasteiger partial charge is 0.408 e. The molecule has 0 aliphatic carbocycles. The van der Waals surface area contributed by atoms with Crippen LogP contribution >= 0.6 is 12.4 Å². The fourth-order valence-corrected chi connectivity index (χ4v) is 2.97. The van der Waals surface area contributed by atoms with Crippen LogP contribution in [0.3, 0.4) is 0 Å². The highest BCUT2D eigenvalue weighted by atomic mass is 35.5. The predicted molar refractivity (Wildman–Crippen MR) is 86.1 cm³/mol. The van der Waals surface area contributed by atoms with E-state index in [4.69, 9.17) is 0 Å². The molecule has 0 unspecified atom stereocenters. The fourth-order valence-electron chi connectivity index (χ4n) is 2.97. The Morgan fingerprint density at radius 3 is 2.26 bits per heavy atom. The van der Waals surface area contributed by atoms with E-state index in [2.05, 4.69) is 5.32 Å². The van der Waals surface area contributed by atoms with E-state index in [1.54, 1.807) is 24.3 Å². The van der Waals surface area contributed by atoms with Gasteiger partial charge in [0.05, 0.1) is 0 Å². The van der Waals surface area contributed by atoms with Crippen LogP contribution in [0, 0.1) is 0 Å². The zero-order valence-electron chi connectivity index (χ0n) is 12.3. The second-order valence-electron chi connectivity index (χ2n) is 5.52. The van der Waals surface area contributed by atoms with Gasteiger partial charge in [0.25, 0.3) is 0 Å². The highest BCUT2D eigenvalue weighted by molar-refractivity contribution is 5.85. The number of phenols is 1. The SMILES string of the molecule is Cl.Oc1ccc2cc([C@@H](N3CCNCC3)C(F)(F)F)ccc2c1. The first kappa shape index (κ1) is 17.8. The molecule has 2 aromatic carbocycles. The Balaban J connectivity index is 0.00000192. The standard InChI is InChI=1S/C16H17F3N2O.ClH/c17-16(18,19)15(21-7-5-20-6-8-21)13-2-1-12-10-14(22)4-3-11(12)9-13;/h1-4,9-10,15,20,22H,5-8H2;1H/t15-;/m1./s1. The van der Waals surface area contributed by atoms with Crippen molar-refractivity contribution >= 4 is 23.2 Å². The number of rotatable bonds is 2. The first-order chi connectivity index (χ1) is 10.4. The lowest BCUT2D eigenvalue weighted by Gasteiger charge is -2.36. The highest BCUT2D eigenvalue weighted by Crippen LogP contribution is 2.39. The van der Waals surface area contributed by atoms with Gasteiger partial charge < -0.3 is 10.4 Å². The zero-order chi connectivity index (χ0) is 15.7. The van der Waals surface area contributed by atoms with E-state index >= 15 is 0 Å². The molecule has 0 saturated carbocycles. The second-order valence-corrected chi connectivity index (χ2v) is 5.52. The van der Waals surface area contributed by atoms with Crippen LogP contribution in [0.2, 0.25) is 0 Å². The minimum atomic E-state index is -4.32. The molecular formula is C16H18ClF3N2O. The number of piperazine rings is 1. The Kier molecular flexibility index (Phi) is 5.39. The maximum absolute atomic E-state index is 13.6. The van der Waals surface area contributed by atoms with E-state index in [1.165, 1.54) is 17.0 Å². The monoisotopic (exact) mass is 346 g/mol. The Labute approximate surface area is 138 Å². The second kappa shape index (κ2) is 6.95. The Hall–Kier alpha value is -1.50. The Morgan fingerprint density at radius 2 is 1.61 bits per heavy atom. The number of benzene rings is 2. The summed E-state index contributed by atoms with van der Waals surface area (Å²) < 4.78 is 40.7. The molecule has 2 N–H and O–H groups in total. The summed E-state index contributed by atoms with van der Waals surface area (Å²) in [7, 11) is 0. The number of halogens is 4. The van der Waals surface area contributed by atoms with Gasteiger partial charge in [-0.3, -0.25) is 4.90 Å². The maximum Gasteiger partial charge on any atom is 0.408 e. The fraction of sp³-hybridized carbons (Fsp3) is 0.375. The van der Waals surface area contributed by atoms with E-state index in [9.17, 15) is 18.3 Å². The molecule has 3 nitrogen and oxygen atoms in total. The van der Waals surface area contributed by atoms with E-state index < -0.39 is 12.2 Å². The van der Waals surface area contributed by atoms with Crippen molar-refractivity contribution in [2.45, 2.75) is 12.2 Å². The van der Waals surface area contributed by atoms with E-state index in [0.29, 0.717) is 31.6 Å². The summed E-state index contributed by atoms with van der Waals surface area (Å²) in [6, 6.07) is 7.78. The number of hydrogen-bond acceptors (Lipinski definition) is 3. The van der Waals surface area contributed by atoms with Crippen LogP contribution in [0.4, 0.5) is 13.2 Å². The summed E-state index contributed by atoms with van der Waals surface area (Å²) in [6.45, 7) is 1.87. The van der Waals surface area contributed by atoms with Crippen LogP contribution in [0.15, 0.2) is 36.4 Å². The van der Waals surface area contributed by atoms with Crippen LogP contribution in [0.5, 0.6) is 5.75 Å². The number of hydrogen-bond donors (Lipinski definition) is 2. The molecule has 0 spiro atoms. The molecule has 0 aromatic heterocycles. The van der Waals surface area contributed by atoms with E-state index in [0.717, 1.165) is 5.39 Å². The summed E-state index contributed by atoms with van der Waals surface area (Å²) in [4.78, 5) is 1.47. The van der Waals surface area contributed by atoms with Crippen LogP contribution < -0.4 is 5.32 Å². The highest BCUT2D eigenvalue weighted by Gasteiger charge is 2.44. The molecule has 1 aliphatic rings.